The first-order valence-corrected chi connectivity index (χ1v) is 10.9. The van der Waals surface area contributed by atoms with Crippen molar-refractivity contribution in [2.75, 3.05) is 5.32 Å². The van der Waals surface area contributed by atoms with Gasteiger partial charge in [-0.05, 0) is 36.4 Å². The van der Waals surface area contributed by atoms with E-state index < -0.39 is 31.8 Å². The summed E-state index contributed by atoms with van der Waals surface area (Å²) < 4.78 is 34.7. The molecule has 1 amide bonds. The Morgan fingerprint density at radius 2 is 1.75 bits per heavy atom. The number of amides is 1. The van der Waals surface area contributed by atoms with Gasteiger partial charge in [-0.2, -0.15) is 0 Å². The number of nitrogens with zero attached hydrogens (tertiary/aromatic N) is 1. The number of hydrogen-bond acceptors (Lipinski definition) is 5. The highest BCUT2D eigenvalue weighted by molar-refractivity contribution is 7.46. The predicted molar refractivity (Wildman–Crippen MR) is 115 cm³/mol. The number of carbonyl (C=O) groups excluding carboxylic acids is 1. The van der Waals surface area contributed by atoms with Crippen LogP contribution in [0, 0.1) is 5.82 Å². The van der Waals surface area contributed by atoms with Crippen LogP contribution >= 0.6 is 31.0 Å². The summed E-state index contributed by atoms with van der Waals surface area (Å²) >= 11 is 12.1. The molecule has 32 heavy (non-hydrogen) atoms. The first-order chi connectivity index (χ1) is 15.0. The minimum Gasteiger partial charge on any atom is -0.456 e. The number of anilines is 1. The molecule has 0 bridgehead atoms. The summed E-state index contributed by atoms with van der Waals surface area (Å²) in [4.78, 5) is 42.3. The van der Waals surface area contributed by atoms with Crippen LogP contribution in [-0.4, -0.2) is 20.3 Å². The van der Waals surface area contributed by atoms with E-state index in [-0.39, 0.29) is 32.8 Å². The Morgan fingerprint density at radius 1 is 1.09 bits per heavy atom. The summed E-state index contributed by atoms with van der Waals surface area (Å²) in [5, 5.41) is 2.69. The second-order valence-corrected chi connectivity index (χ2v) is 8.30. The van der Waals surface area contributed by atoms with Gasteiger partial charge in [0.15, 0.2) is 0 Å². The molecule has 3 N–H and O–H groups in total. The zero-order chi connectivity index (χ0) is 23.5. The third-order valence-electron chi connectivity index (χ3n) is 3.93. The van der Waals surface area contributed by atoms with Gasteiger partial charge in [0, 0.05) is 24.0 Å². The van der Waals surface area contributed by atoms with Gasteiger partial charge < -0.3 is 19.8 Å². The van der Waals surface area contributed by atoms with E-state index in [2.05, 4.69) is 9.84 Å². The molecule has 3 rings (SSSR count). The van der Waals surface area contributed by atoms with Crippen LogP contribution in [0.5, 0.6) is 11.5 Å². The van der Waals surface area contributed by atoms with Crippen LogP contribution in [0.25, 0.3) is 0 Å². The van der Waals surface area contributed by atoms with Gasteiger partial charge in [-0.15, -0.1) is 0 Å². The number of halogens is 3. The Bertz CT molecular complexity index is 1260. The number of phosphoric acid groups is 1. The maximum atomic E-state index is 13.1. The standard InChI is InChI=1S/C19H14Cl2FN2O7P/c20-15-8-14(17(9-16(15)21)31-13-3-1-11(22)2-4-13)19(26)23-12-5-6-24(18(25)7-12)10-30-32(27,28)29/h1-9H,10H2,(H,23,26)(H2,27,28,29). The van der Waals surface area contributed by atoms with Crippen LogP contribution in [0.4, 0.5) is 10.1 Å². The van der Waals surface area contributed by atoms with Crippen molar-refractivity contribution >= 4 is 42.6 Å². The fraction of sp³-hybridized carbons (Fsp3) is 0.0526. The van der Waals surface area contributed by atoms with Gasteiger partial charge in [-0.25, -0.2) is 8.96 Å². The lowest BCUT2D eigenvalue weighted by Crippen LogP contribution is -2.21. The molecule has 0 aliphatic heterocycles. The molecular formula is C19H14Cl2FN2O7P. The van der Waals surface area contributed by atoms with Gasteiger partial charge >= 0.3 is 7.82 Å². The van der Waals surface area contributed by atoms with Crippen LogP contribution in [0.3, 0.4) is 0 Å². The van der Waals surface area contributed by atoms with Crippen molar-refractivity contribution in [3.63, 3.8) is 0 Å². The number of phosphoric ester groups is 1. The fourth-order valence-corrected chi connectivity index (χ4v) is 3.04. The van der Waals surface area contributed by atoms with Gasteiger partial charge in [0.2, 0.25) is 0 Å². The highest BCUT2D eigenvalue weighted by Gasteiger charge is 2.18. The molecular weight excluding hydrogens is 489 g/mol. The van der Waals surface area contributed by atoms with Crippen LogP contribution in [0.1, 0.15) is 10.4 Å². The van der Waals surface area contributed by atoms with Gasteiger partial charge in [0.25, 0.3) is 11.5 Å². The summed E-state index contributed by atoms with van der Waals surface area (Å²) in [6, 6.07) is 10.0. The van der Waals surface area contributed by atoms with E-state index in [1.165, 1.54) is 48.7 Å². The lowest BCUT2D eigenvalue weighted by Gasteiger charge is -2.13. The lowest BCUT2D eigenvalue weighted by molar-refractivity contribution is 0.102. The number of pyridine rings is 1. The zero-order valence-corrected chi connectivity index (χ0v) is 18.3. The van der Waals surface area contributed by atoms with Crippen molar-refractivity contribution in [3.05, 3.63) is 86.5 Å². The average Bonchev–Trinajstić information content (AvgIpc) is 2.71. The Kier molecular flexibility index (Phi) is 7.35. The molecule has 0 unspecified atom stereocenters. The van der Waals surface area contributed by atoms with Crippen LogP contribution in [0.2, 0.25) is 10.0 Å². The van der Waals surface area contributed by atoms with Crippen molar-refractivity contribution in [3.8, 4) is 11.5 Å². The molecule has 0 saturated carbocycles. The molecule has 0 atom stereocenters. The molecule has 0 saturated heterocycles. The second-order valence-electron chi connectivity index (χ2n) is 6.24. The van der Waals surface area contributed by atoms with E-state index in [1.807, 2.05) is 0 Å². The molecule has 13 heteroatoms. The first-order valence-electron chi connectivity index (χ1n) is 8.66. The lowest BCUT2D eigenvalue weighted by atomic mass is 10.1. The van der Waals surface area contributed by atoms with Crippen LogP contribution < -0.4 is 15.6 Å². The van der Waals surface area contributed by atoms with Gasteiger partial charge in [-0.3, -0.25) is 18.7 Å². The molecule has 1 heterocycles. The molecule has 0 aliphatic rings. The maximum absolute atomic E-state index is 13.1. The molecule has 0 radical (unpaired) electrons. The Balaban J connectivity index is 1.83. The summed E-state index contributed by atoms with van der Waals surface area (Å²) in [5.74, 6) is -0.881. The molecule has 0 spiro atoms. The fourth-order valence-electron chi connectivity index (χ4n) is 2.45. The van der Waals surface area contributed by atoms with Crippen molar-refractivity contribution in [2.24, 2.45) is 0 Å². The zero-order valence-electron chi connectivity index (χ0n) is 15.9. The van der Waals surface area contributed by atoms with E-state index in [0.29, 0.717) is 0 Å². The monoisotopic (exact) mass is 502 g/mol. The minimum atomic E-state index is -4.76. The Morgan fingerprint density at radius 3 is 2.38 bits per heavy atom. The number of nitrogens with one attached hydrogen (secondary N) is 1. The van der Waals surface area contributed by atoms with Crippen molar-refractivity contribution in [1.29, 1.82) is 0 Å². The second kappa shape index (κ2) is 9.83. The first kappa shape index (κ1) is 23.9. The van der Waals surface area contributed by atoms with E-state index in [1.54, 1.807) is 0 Å². The smallest absolute Gasteiger partial charge is 0.456 e. The number of rotatable bonds is 7. The highest BCUT2D eigenvalue weighted by Crippen LogP contribution is 2.36. The topological polar surface area (TPSA) is 127 Å². The molecule has 3 aromatic rings. The van der Waals surface area contributed by atoms with Crippen LogP contribution in [-0.2, 0) is 15.8 Å². The third-order valence-corrected chi connectivity index (χ3v) is 5.10. The number of aromatic nitrogens is 1. The summed E-state index contributed by atoms with van der Waals surface area (Å²) in [5.41, 5.74) is -0.614. The van der Waals surface area contributed by atoms with Crippen molar-refractivity contribution in [2.45, 2.75) is 6.73 Å². The van der Waals surface area contributed by atoms with E-state index in [0.717, 1.165) is 10.6 Å². The quantitative estimate of drug-likeness (QED) is 0.408. The highest BCUT2D eigenvalue weighted by atomic mass is 35.5. The number of hydrogen-bond donors (Lipinski definition) is 3. The molecule has 9 nitrogen and oxygen atoms in total. The number of carbonyl (C=O) groups is 1. The van der Waals surface area contributed by atoms with Crippen molar-refractivity contribution in [1.82, 2.24) is 4.57 Å². The summed E-state index contributed by atoms with van der Waals surface area (Å²) in [6.45, 7) is -0.681. The van der Waals surface area contributed by atoms with E-state index in [4.69, 9.17) is 37.7 Å². The average molecular weight is 503 g/mol. The van der Waals surface area contributed by atoms with E-state index >= 15 is 0 Å². The molecule has 0 fully saturated rings. The summed E-state index contributed by atoms with van der Waals surface area (Å²) in [7, 11) is -4.76. The van der Waals surface area contributed by atoms with Crippen molar-refractivity contribution < 1.29 is 32.8 Å². The van der Waals surface area contributed by atoms with Gasteiger partial charge in [0.05, 0.1) is 15.6 Å². The molecule has 2 aromatic carbocycles. The third kappa shape index (κ3) is 6.39. The normalized spacial score (nSPS) is 11.3. The van der Waals surface area contributed by atoms with Gasteiger partial charge in [0.1, 0.15) is 24.0 Å². The number of ether oxygens (including phenoxy) is 1. The van der Waals surface area contributed by atoms with Crippen LogP contribution in [0.15, 0.2) is 59.5 Å². The minimum absolute atomic E-state index is 0.0160. The Hall–Kier alpha value is -2.72. The molecule has 168 valence electrons. The largest absolute Gasteiger partial charge is 0.471 e. The SMILES string of the molecule is O=C(Nc1ccn(COP(=O)(O)O)c(=O)c1)c1cc(Cl)c(Cl)cc1Oc1ccc(F)cc1. The summed E-state index contributed by atoms with van der Waals surface area (Å²) in [6.07, 6.45) is 1.18. The predicted octanol–water partition coefficient (Wildman–Crippen LogP) is 4.41. The molecule has 0 aliphatic carbocycles. The number of benzene rings is 2. The Labute approximate surface area is 190 Å². The van der Waals surface area contributed by atoms with E-state index in [9.17, 15) is 18.5 Å². The molecule has 1 aromatic heterocycles. The van der Waals surface area contributed by atoms with Gasteiger partial charge in [-0.1, -0.05) is 23.2 Å². The maximum Gasteiger partial charge on any atom is 0.471 e.